The van der Waals surface area contributed by atoms with E-state index in [-0.39, 0.29) is 0 Å². The second kappa shape index (κ2) is 11.8. The molecule has 0 aliphatic rings. The Balaban J connectivity index is 2.02. The summed E-state index contributed by atoms with van der Waals surface area (Å²) in [6, 6.07) is 17.0. The van der Waals surface area contributed by atoms with Crippen LogP contribution in [0, 0.1) is 5.92 Å². The maximum Gasteiger partial charge on any atom is 0.119 e. The summed E-state index contributed by atoms with van der Waals surface area (Å²) in [7, 11) is 0. The van der Waals surface area contributed by atoms with Gasteiger partial charge in [-0.3, -0.25) is 0 Å². The number of phenolic OH excluding ortho intramolecular Hbond substituents is 1. The highest BCUT2D eigenvalue weighted by molar-refractivity contribution is 5.47. The second-order valence-electron chi connectivity index (χ2n) is 8.14. The first kappa shape index (κ1) is 22.3. The van der Waals surface area contributed by atoms with Crippen LogP contribution in [0.3, 0.4) is 0 Å². The van der Waals surface area contributed by atoms with Gasteiger partial charge in [0.1, 0.15) is 5.75 Å². The number of anilines is 1. The fourth-order valence-corrected chi connectivity index (χ4v) is 4.28. The number of hydrogen-bond acceptors (Lipinski definition) is 2. The molecule has 2 aromatic rings. The van der Waals surface area contributed by atoms with Crippen LogP contribution in [0.5, 0.6) is 5.75 Å². The predicted octanol–water partition coefficient (Wildman–Crippen LogP) is 7.17. The van der Waals surface area contributed by atoms with Gasteiger partial charge in [-0.2, -0.15) is 0 Å². The molecular weight excluding hydrogens is 342 g/mol. The molecular formula is C26H39NO. The first-order valence-corrected chi connectivity index (χ1v) is 11.2. The third-order valence-corrected chi connectivity index (χ3v) is 5.87. The van der Waals surface area contributed by atoms with E-state index in [1.165, 1.54) is 30.5 Å². The average Bonchev–Trinajstić information content (AvgIpc) is 2.70. The number of unbranched alkanes of at least 4 members (excludes halogenated alkanes) is 2. The number of benzene rings is 2. The highest BCUT2D eigenvalue weighted by Crippen LogP contribution is 2.35. The first-order valence-electron chi connectivity index (χ1n) is 11.2. The molecule has 2 nitrogen and oxygen atoms in total. The molecule has 0 heterocycles. The minimum Gasteiger partial charge on any atom is -0.508 e. The Hall–Kier alpha value is -1.96. The molecule has 0 fully saturated rings. The lowest BCUT2D eigenvalue weighted by Crippen LogP contribution is -2.21. The molecule has 154 valence electrons. The predicted molar refractivity (Wildman–Crippen MR) is 122 cm³/mol. The number of nitrogens with zero attached hydrogens (tertiary/aromatic N) is 1. The molecule has 0 aliphatic carbocycles. The normalized spacial score (nSPS) is 13.3. The molecule has 2 unspecified atom stereocenters. The third-order valence-electron chi connectivity index (χ3n) is 5.87. The first-order chi connectivity index (χ1) is 13.6. The molecule has 0 bridgehead atoms. The van der Waals surface area contributed by atoms with E-state index in [2.05, 4.69) is 69.0 Å². The summed E-state index contributed by atoms with van der Waals surface area (Å²) in [5.41, 5.74) is 3.85. The van der Waals surface area contributed by atoms with Gasteiger partial charge in [-0.25, -0.2) is 0 Å². The minimum absolute atomic E-state index is 0.442. The van der Waals surface area contributed by atoms with Crippen molar-refractivity contribution in [3.8, 4) is 5.75 Å². The second-order valence-corrected chi connectivity index (χ2v) is 8.14. The van der Waals surface area contributed by atoms with Crippen molar-refractivity contribution in [1.82, 2.24) is 0 Å². The van der Waals surface area contributed by atoms with Crippen LogP contribution in [0.4, 0.5) is 5.69 Å². The Morgan fingerprint density at radius 1 is 0.893 bits per heavy atom. The van der Waals surface area contributed by atoms with Crippen molar-refractivity contribution in [3.05, 3.63) is 59.7 Å². The lowest BCUT2D eigenvalue weighted by atomic mass is 9.83. The van der Waals surface area contributed by atoms with Crippen molar-refractivity contribution < 1.29 is 5.11 Å². The number of rotatable bonds is 12. The standard InChI is InChI=1S/C26H39NO/c1-5-8-9-12-23(25-13-10-11-14-26(25)28)20-21(4)19-22-15-17-24(18-16-22)27(6-2)7-3/h10-11,13-18,21,23,28H,5-9,12,19-20H2,1-4H3. The average molecular weight is 382 g/mol. The highest BCUT2D eigenvalue weighted by atomic mass is 16.3. The smallest absolute Gasteiger partial charge is 0.119 e. The molecule has 28 heavy (non-hydrogen) atoms. The summed E-state index contributed by atoms with van der Waals surface area (Å²) in [6.07, 6.45) is 7.13. The molecule has 0 aliphatic heterocycles. The van der Waals surface area contributed by atoms with Crippen LogP contribution in [-0.4, -0.2) is 18.2 Å². The Kier molecular flexibility index (Phi) is 9.40. The van der Waals surface area contributed by atoms with Gasteiger partial charge in [-0.1, -0.05) is 63.4 Å². The van der Waals surface area contributed by atoms with E-state index in [1.54, 1.807) is 0 Å². The van der Waals surface area contributed by atoms with E-state index < -0.39 is 0 Å². The molecule has 0 amide bonds. The largest absolute Gasteiger partial charge is 0.508 e. The van der Waals surface area contributed by atoms with Crippen molar-refractivity contribution >= 4 is 5.69 Å². The van der Waals surface area contributed by atoms with Crippen molar-refractivity contribution in [3.63, 3.8) is 0 Å². The summed E-state index contributed by atoms with van der Waals surface area (Å²) in [5, 5.41) is 10.4. The number of aromatic hydroxyl groups is 1. The van der Waals surface area contributed by atoms with Crippen LogP contribution in [0.15, 0.2) is 48.5 Å². The summed E-state index contributed by atoms with van der Waals surface area (Å²) < 4.78 is 0. The molecule has 2 heteroatoms. The van der Waals surface area contributed by atoms with E-state index in [0.29, 0.717) is 17.6 Å². The molecule has 0 spiro atoms. The topological polar surface area (TPSA) is 23.5 Å². The van der Waals surface area contributed by atoms with Gasteiger partial charge >= 0.3 is 0 Å². The molecule has 2 rings (SSSR count). The van der Waals surface area contributed by atoms with E-state index in [1.807, 2.05) is 12.1 Å². The molecule has 0 saturated carbocycles. The quantitative estimate of drug-likeness (QED) is 0.394. The van der Waals surface area contributed by atoms with Crippen LogP contribution < -0.4 is 4.90 Å². The maximum absolute atomic E-state index is 10.4. The fourth-order valence-electron chi connectivity index (χ4n) is 4.28. The Morgan fingerprint density at radius 2 is 1.57 bits per heavy atom. The van der Waals surface area contributed by atoms with Crippen molar-refractivity contribution in [2.24, 2.45) is 5.92 Å². The molecule has 2 aromatic carbocycles. The van der Waals surface area contributed by atoms with E-state index in [0.717, 1.165) is 37.9 Å². The summed E-state index contributed by atoms with van der Waals surface area (Å²) in [5.74, 6) is 1.49. The van der Waals surface area contributed by atoms with Crippen LogP contribution in [0.2, 0.25) is 0 Å². The van der Waals surface area contributed by atoms with E-state index in [9.17, 15) is 5.11 Å². The van der Waals surface area contributed by atoms with E-state index >= 15 is 0 Å². The van der Waals surface area contributed by atoms with Crippen LogP contribution in [0.1, 0.15) is 76.8 Å². The highest BCUT2D eigenvalue weighted by Gasteiger charge is 2.18. The fraction of sp³-hybridized carbons (Fsp3) is 0.538. The number of para-hydroxylation sites is 1. The van der Waals surface area contributed by atoms with Crippen molar-refractivity contribution in [2.45, 2.75) is 72.1 Å². The van der Waals surface area contributed by atoms with Gasteiger partial charge in [0.05, 0.1) is 0 Å². The summed E-state index contributed by atoms with van der Waals surface area (Å²) >= 11 is 0. The van der Waals surface area contributed by atoms with Gasteiger partial charge in [-0.05, 0) is 74.3 Å². The SMILES string of the molecule is CCCCCC(CC(C)Cc1ccc(N(CC)CC)cc1)c1ccccc1O. The zero-order chi connectivity index (χ0) is 20.4. The van der Waals surface area contributed by atoms with Gasteiger partial charge in [0.15, 0.2) is 0 Å². The van der Waals surface area contributed by atoms with Crippen LogP contribution in [0.25, 0.3) is 0 Å². The molecule has 0 saturated heterocycles. The molecule has 1 N–H and O–H groups in total. The molecule has 0 aromatic heterocycles. The van der Waals surface area contributed by atoms with E-state index in [4.69, 9.17) is 0 Å². The monoisotopic (exact) mass is 381 g/mol. The summed E-state index contributed by atoms with van der Waals surface area (Å²) in [4.78, 5) is 2.38. The van der Waals surface area contributed by atoms with Gasteiger partial charge in [0.25, 0.3) is 0 Å². The van der Waals surface area contributed by atoms with Crippen molar-refractivity contribution in [1.29, 1.82) is 0 Å². The minimum atomic E-state index is 0.442. The zero-order valence-electron chi connectivity index (χ0n) is 18.3. The Bertz CT molecular complexity index is 675. The Morgan fingerprint density at radius 3 is 2.18 bits per heavy atom. The number of hydrogen-bond donors (Lipinski definition) is 1. The van der Waals surface area contributed by atoms with Crippen LogP contribution >= 0.6 is 0 Å². The lowest BCUT2D eigenvalue weighted by molar-refractivity contribution is 0.410. The lowest BCUT2D eigenvalue weighted by Gasteiger charge is -2.23. The van der Waals surface area contributed by atoms with Gasteiger partial charge < -0.3 is 10.0 Å². The Labute approximate surface area is 172 Å². The van der Waals surface area contributed by atoms with Crippen LogP contribution in [-0.2, 0) is 6.42 Å². The number of phenols is 1. The molecule has 2 atom stereocenters. The van der Waals surface area contributed by atoms with Crippen molar-refractivity contribution in [2.75, 3.05) is 18.0 Å². The maximum atomic E-state index is 10.4. The van der Waals surface area contributed by atoms with Gasteiger partial charge in [-0.15, -0.1) is 0 Å². The third kappa shape index (κ3) is 6.58. The summed E-state index contributed by atoms with van der Waals surface area (Å²) in [6.45, 7) is 11.1. The van der Waals surface area contributed by atoms with Gasteiger partial charge in [0.2, 0.25) is 0 Å². The molecule has 0 radical (unpaired) electrons. The van der Waals surface area contributed by atoms with Gasteiger partial charge in [0, 0.05) is 18.8 Å². The zero-order valence-corrected chi connectivity index (χ0v) is 18.3.